The molecule has 0 atom stereocenters. The van der Waals surface area contributed by atoms with Crippen molar-refractivity contribution in [2.45, 2.75) is 0 Å². The van der Waals surface area contributed by atoms with E-state index in [1.54, 1.807) is 31.3 Å². The number of amides is 1. The minimum absolute atomic E-state index is 0.00660. The Balaban J connectivity index is 2.41. The average Bonchev–Trinajstić information content (AvgIpc) is 2.34. The standard InChI is InChI=1S/C11H15NO4/c1-12-11(14)8-16-10-4-2-9(3-5-10)15-7-6-13/h2-5,13H,6-8H2,1H3,(H,12,14). The maximum Gasteiger partial charge on any atom is 0.257 e. The molecule has 0 aliphatic carbocycles. The highest BCUT2D eigenvalue weighted by Gasteiger charge is 2.00. The molecule has 2 N–H and O–H groups in total. The van der Waals surface area contributed by atoms with E-state index in [1.807, 2.05) is 0 Å². The van der Waals surface area contributed by atoms with Gasteiger partial charge in [-0.15, -0.1) is 0 Å². The lowest BCUT2D eigenvalue weighted by atomic mass is 10.3. The molecule has 0 saturated heterocycles. The van der Waals surface area contributed by atoms with E-state index in [9.17, 15) is 4.79 Å². The van der Waals surface area contributed by atoms with Crippen LogP contribution in [0.1, 0.15) is 0 Å². The first kappa shape index (κ1) is 12.3. The zero-order chi connectivity index (χ0) is 11.8. The first-order valence-corrected chi connectivity index (χ1v) is 4.93. The summed E-state index contributed by atoms with van der Waals surface area (Å²) in [4.78, 5) is 10.9. The lowest BCUT2D eigenvalue weighted by Gasteiger charge is -2.07. The number of nitrogens with one attached hydrogen (secondary N) is 1. The average molecular weight is 225 g/mol. The molecule has 0 aliphatic heterocycles. The number of likely N-dealkylation sites (N-methyl/N-ethyl adjacent to an activating group) is 1. The summed E-state index contributed by atoms with van der Waals surface area (Å²) in [6.45, 7) is 0.237. The van der Waals surface area contributed by atoms with Crippen molar-refractivity contribution in [2.24, 2.45) is 0 Å². The van der Waals surface area contributed by atoms with Crippen LogP contribution in [0.5, 0.6) is 11.5 Å². The molecule has 0 saturated carbocycles. The molecule has 88 valence electrons. The molecule has 5 nitrogen and oxygen atoms in total. The van der Waals surface area contributed by atoms with Gasteiger partial charge in [-0.1, -0.05) is 0 Å². The second-order valence-electron chi connectivity index (χ2n) is 3.01. The van der Waals surface area contributed by atoms with Crippen LogP contribution in [-0.2, 0) is 4.79 Å². The fourth-order valence-electron chi connectivity index (χ4n) is 1.02. The molecule has 0 bridgehead atoms. The molecule has 0 spiro atoms. The Morgan fingerprint density at radius 2 is 1.81 bits per heavy atom. The minimum Gasteiger partial charge on any atom is -0.491 e. The lowest BCUT2D eigenvalue weighted by Crippen LogP contribution is -2.24. The third kappa shape index (κ3) is 4.18. The number of ether oxygens (including phenoxy) is 2. The normalized spacial score (nSPS) is 9.62. The van der Waals surface area contributed by atoms with Gasteiger partial charge in [0.1, 0.15) is 18.1 Å². The molecule has 0 unspecified atom stereocenters. The van der Waals surface area contributed by atoms with Crippen LogP contribution in [0.15, 0.2) is 24.3 Å². The highest BCUT2D eigenvalue weighted by molar-refractivity contribution is 5.77. The Kier molecular flexibility index (Phi) is 5.15. The van der Waals surface area contributed by atoms with Crippen LogP contribution in [-0.4, -0.2) is 37.9 Å². The summed E-state index contributed by atoms with van der Waals surface area (Å²) in [5, 5.41) is 11.0. The monoisotopic (exact) mass is 225 g/mol. The molecule has 5 heteroatoms. The molecular formula is C11H15NO4. The first-order chi connectivity index (χ1) is 7.76. The van der Waals surface area contributed by atoms with Crippen molar-refractivity contribution >= 4 is 5.91 Å². The van der Waals surface area contributed by atoms with E-state index < -0.39 is 0 Å². The summed E-state index contributed by atoms with van der Waals surface area (Å²) in [6, 6.07) is 6.84. The summed E-state index contributed by atoms with van der Waals surface area (Å²) >= 11 is 0. The zero-order valence-corrected chi connectivity index (χ0v) is 9.10. The summed E-state index contributed by atoms with van der Waals surface area (Å²) in [6.07, 6.45) is 0. The van der Waals surface area contributed by atoms with Gasteiger partial charge in [0.15, 0.2) is 6.61 Å². The molecule has 0 fully saturated rings. The Labute approximate surface area is 94.0 Å². The molecule has 16 heavy (non-hydrogen) atoms. The van der Waals surface area contributed by atoms with Gasteiger partial charge in [0.05, 0.1) is 6.61 Å². The predicted octanol–water partition coefficient (Wildman–Crippen LogP) is 0.182. The van der Waals surface area contributed by atoms with Crippen LogP contribution in [0.3, 0.4) is 0 Å². The van der Waals surface area contributed by atoms with E-state index >= 15 is 0 Å². The van der Waals surface area contributed by atoms with E-state index in [-0.39, 0.29) is 25.7 Å². The SMILES string of the molecule is CNC(=O)COc1ccc(OCCO)cc1. The smallest absolute Gasteiger partial charge is 0.257 e. The van der Waals surface area contributed by atoms with Crippen molar-refractivity contribution in [2.75, 3.05) is 26.9 Å². The fourth-order valence-corrected chi connectivity index (χ4v) is 1.02. The van der Waals surface area contributed by atoms with Gasteiger partial charge in [-0.3, -0.25) is 4.79 Å². The second kappa shape index (κ2) is 6.68. The Hall–Kier alpha value is -1.75. The van der Waals surface area contributed by atoms with E-state index in [0.29, 0.717) is 11.5 Å². The Morgan fingerprint density at radius 3 is 2.31 bits per heavy atom. The number of carbonyl (C=O) groups is 1. The quantitative estimate of drug-likeness (QED) is 0.725. The van der Waals surface area contributed by atoms with Gasteiger partial charge >= 0.3 is 0 Å². The van der Waals surface area contributed by atoms with Gasteiger partial charge in [-0.05, 0) is 24.3 Å². The van der Waals surface area contributed by atoms with E-state index in [0.717, 1.165) is 0 Å². The highest BCUT2D eigenvalue weighted by Crippen LogP contribution is 2.17. The van der Waals surface area contributed by atoms with Gasteiger partial charge in [0.2, 0.25) is 0 Å². The van der Waals surface area contributed by atoms with E-state index in [2.05, 4.69) is 5.32 Å². The summed E-state index contributed by atoms with van der Waals surface area (Å²) in [5.41, 5.74) is 0. The van der Waals surface area contributed by atoms with Crippen LogP contribution in [0, 0.1) is 0 Å². The molecule has 1 aromatic rings. The van der Waals surface area contributed by atoms with Crippen LogP contribution in [0.25, 0.3) is 0 Å². The van der Waals surface area contributed by atoms with Gasteiger partial charge in [-0.25, -0.2) is 0 Å². The van der Waals surface area contributed by atoms with Crippen LogP contribution in [0.4, 0.5) is 0 Å². The number of hydrogen-bond donors (Lipinski definition) is 2. The third-order valence-electron chi connectivity index (χ3n) is 1.83. The third-order valence-corrected chi connectivity index (χ3v) is 1.83. The minimum atomic E-state index is -0.180. The largest absolute Gasteiger partial charge is 0.491 e. The molecule has 0 radical (unpaired) electrons. The van der Waals surface area contributed by atoms with Crippen molar-refractivity contribution in [1.82, 2.24) is 5.32 Å². The van der Waals surface area contributed by atoms with Crippen LogP contribution in [0.2, 0.25) is 0 Å². The number of hydrogen-bond acceptors (Lipinski definition) is 4. The zero-order valence-electron chi connectivity index (χ0n) is 9.10. The van der Waals surface area contributed by atoms with Crippen molar-refractivity contribution in [3.63, 3.8) is 0 Å². The molecule has 1 rings (SSSR count). The van der Waals surface area contributed by atoms with E-state index in [4.69, 9.17) is 14.6 Å². The number of benzene rings is 1. The Bertz CT molecular complexity index is 323. The van der Waals surface area contributed by atoms with Crippen molar-refractivity contribution in [1.29, 1.82) is 0 Å². The Morgan fingerprint density at radius 1 is 1.25 bits per heavy atom. The van der Waals surface area contributed by atoms with Crippen LogP contribution < -0.4 is 14.8 Å². The molecule has 0 heterocycles. The summed E-state index contributed by atoms with van der Waals surface area (Å²) in [5.74, 6) is 1.07. The highest BCUT2D eigenvalue weighted by atomic mass is 16.5. The predicted molar refractivity (Wildman–Crippen MR) is 58.6 cm³/mol. The van der Waals surface area contributed by atoms with Crippen molar-refractivity contribution in [3.8, 4) is 11.5 Å². The molecule has 1 aromatic carbocycles. The topological polar surface area (TPSA) is 67.8 Å². The van der Waals surface area contributed by atoms with E-state index in [1.165, 1.54) is 0 Å². The maximum absolute atomic E-state index is 10.9. The fraction of sp³-hybridized carbons (Fsp3) is 0.364. The number of rotatable bonds is 6. The first-order valence-electron chi connectivity index (χ1n) is 4.93. The summed E-state index contributed by atoms with van der Waals surface area (Å²) in [7, 11) is 1.55. The number of aliphatic hydroxyl groups excluding tert-OH is 1. The summed E-state index contributed by atoms with van der Waals surface area (Å²) < 4.78 is 10.4. The lowest BCUT2D eigenvalue weighted by molar-refractivity contribution is -0.122. The van der Waals surface area contributed by atoms with Crippen molar-refractivity contribution < 1.29 is 19.4 Å². The second-order valence-corrected chi connectivity index (χ2v) is 3.01. The molecule has 0 aliphatic rings. The molecule has 0 aromatic heterocycles. The van der Waals surface area contributed by atoms with Gasteiger partial charge in [0, 0.05) is 7.05 Å². The number of carbonyl (C=O) groups excluding carboxylic acids is 1. The number of aliphatic hydroxyl groups is 1. The van der Waals surface area contributed by atoms with Crippen LogP contribution >= 0.6 is 0 Å². The van der Waals surface area contributed by atoms with Gasteiger partial charge < -0.3 is 19.9 Å². The van der Waals surface area contributed by atoms with Gasteiger partial charge in [0.25, 0.3) is 5.91 Å². The molecular weight excluding hydrogens is 210 g/mol. The van der Waals surface area contributed by atoms with Crippen molar-refractivity contribution in [3.05, 3.63) is 24.3 Å². The van der Waals surface area contributed by atoms with Gasteiger partial charge in [-0.2, -0.15) is 0 Å². The molecule has 1 amide bonds. The maximum atomic E-state index is 10.9.